The highest BCUT2D eigenvalue weighted by Gasteiger charge is 2.02. The summed E-state index contributed by atoms with van der Waals surface area (Å²) in [6.45, 7) is 6.56. The summed E-state index contributed by atoms with van der Waals surface area (Å²) < 4.78 is 12.9. The van der Waals surface area contributed by atoms with Crippen LogP contribution >= 0.6 is 0 Å². The van der Waals surface area contributed by atoms with Gasteiger partial charge in [0.05, 0.1) is 0 Å². The number of benzene rings is 1. The molecule has 0 heterocycles. The van der Waals surface area contributed by atoms with Gasteiger partial charge >= 0.3 is 0 Å². The van der Waals surface area contributed by atoms with Crippen molar-refractivity contribution in [1.29, 1.82) is 0 Å². The normalized spacial score (nSPS) is 12.7. The predicted octanol–water partition coefficient (Wildman–Crippen LogP) is 3.39. The molecule has 1 aromatic rings. The van der Waals surface area contributed by atoms with Crippen LogP contribution in [0, 0.1) is 11.7 Å². The predicted molar refractivity (Wildman–Crippen MR) is 67.0 cm³/mol. The smallest absolute Gasteiger partial charge is 0.123 e. The molecule has 1 rings (SSSR count). The Labute approximate surface area is 98.1 Å². The fourth-order valence-corrected chi connectivity index (χ4v) is 1.73. The van der Waals surface area contributed by atoms with Gasteiger partial charge in [0, 0.05) is 0 Å². The number of nitrogens with one attached hydrogen (secondary N) is 1. The van der Waals surface area contributed by atoms with Crippen LogP contribution in [-0.2, 0) is 6.42 Å². The van der Waals surface area contributed by atoms with E-state index in [9.17, 15) is 4.39 Å². The lowest BCUT2D eigenvalue weighted by molar-refractivity contribution is 0.481. The van der Waals surface area contributed by atoms with Gasteiger partial charge in [0.25, 0.3) is 0 Å². The Balaban J connectivity index is 2.23. The fourth-order valence-electron chi connectivity index (χ4n) is 1.73. The van der Waals surface area contributed by atoms with Crippen molar-refractivity contribution in [2.75, 3.05) is 13.1 Å². The second kappa shape index (κ2) is 7.39. The SMILES string of the molecule is CCCNCC(C)CCc1cccc(F)c1. The molecular weight excluding hydrogens is 201 g/mol. The number of halogens is 1. The van der Waals surface area contributed by atoms with E-state index in [-0.39, 0.29) is 5.82 Å². The van der Waals surface area contributed by atoms with Crippen molar-refractivity contribution >= 4 is 0 Å². The van der Waals surface area contributed by atoms with E-state index in [1.54, 1.807) is 12.1 Å². The molecule has 1 atom stereocenters. The summed E-state index contributed by atoms with van der Waals surface area (Å²) in [6.07, 6.45) is 3.25. The third-order valence-corrected chi connectivity index (χ3v) is 2.73. The molecule has 0 fully saturated rings. The van der Waals surface area contributed by atoms with Gasteiger partial charge in [-0.3, -0.25) is 0 Å². The van der Waals surface area contributed by atoms with Gasteiger partial charge in [0.2, 0.25) is 0 Å². The molecule has 0 spiro atoms. The van der Waals surface area contributed by atoms with Crippen molar-refractivity contribution in [3.8, 4) is 0 Å². The summed E-state index contributed by atoms with van der Waals surface area (Å²) in [5.41, 5.74) is 1.10. The summed E-state index contributed by atoms with van der Waals surface area (Å²) in [6, 6.07) is 6.90. The van der Waals surface area contributed by atoms with E-state index >= 15 is 0 Å². The molecule has 90 valence electrons. The maximum atomic E-state index is 12.9. The van der Waals surface area contributed by atoms with E-state index in [0.717, 1.165) is 31.5 Å². The van der Waals surface area contributed by atoms with Crippen LogP contribution in [0.25, 0.3) is 0 Å². The Bertz CT molecular complexity index is 299. The standard InChI is InChI=1S/C14H22FN/c1-3-9-16-11-12(2)7-8-13-5-4-6-14(15)10-13/h4-6,10,12,16H,3,7-9,11H2,1-2H3. The third kappa shape index (κ3) is 5.26. The minimum atomic E-state index is -0.130. The molecule has 0 aliphatic heterocycles. The average molecular weight is 223 g/mol. The van der Waals surface area contributed by atoms with Gasteiger partial charge in [-0.25, -0.2) is 4.39 Å². The quantitative estimate of drug-likeness (QED) is 0.699. The Morgan fingerprint density at radius 1 is 1.38 bits per heavy atom. The molecule has 0 aliphatic carbocycles. The summed E-state index contributed by atoms with van der Waals surface area (Å²) in [7, 11) is 0. The van der Waals surface area contributed by atoms with Crippen molar-refractivity contribution in [2.24, 2.45) is 5.92 Å². The Kier molecular flexibility index (Phi) is 6.09. The number of hydrogen-bond donors (Lipinski definition) is 1. The van der Waals surface area contributed by atoms with Crippen LogP contribution in [0.4, 0.5) is 4.39 Å². The monoisotopic (exact) mass is 223 g/mol. The van der Waals surface area contributed by atoms with Gasteiger partial charge in [-0.1, -0.05) is 26.0 Å². The van der Waals surface area contributed by atoms with Crippen LogP contribution in [0.15, 0.2) is 24.3 Å². The Morgan fingerprint density at radius 2 is 2.19 bits per heavy atom. The first-order chi connectivity index (χ1) is 7.72. The average Bonchev–Trinajstić information content (AvgIpc) is 2.27. The van der Waals surface area contributed by atoms with Crippen LogP contribution in [-0.4, -0.2) is 13.1 Å². The number of aryl methyl sites for hydroxylation is 1. The molecule has 1 nitrogen and oxygen atoms in total. The second-order valence-corrected chi connectivity index (χ2v) is 4.48. The first kappa shape index (κ1) is 13.2. The van der Waals surface area contributed by atoms with E-state index in [1.807, 2.05) is 6.07 Å². The zero-order chi connectivity index (χ0) is 11.8. The molecule has 0 saturated carbocycles. The van der Waals surface area contributed by atoms with Gasteiger partial charge in [0.1, 0.15) is 5.82 Å². The van der Waals surface area contributed by atoms with Gasteiger partial charge in [-0.2, -0.15) is 0 Å². The van der Waals surface area contributed by atoms with Gasteiger partial charge < -0.3 is 5.32 Å². The molecule has 0 radical (unpaired) electrons. The van der Waals surface area contributed by atoms with Crippen LogP contribution in [0.2, 0.25) is 0 Å². The van der Waals surface area contributed by atoms with Crippen LogP contribution in [0.5, 0.6) is 0 Å². The maximum absolute atomic E-state index is 12.9. The molecule has 16 heavy (non-hydrogen) atoms. The van der Waals surface area contributed by atoms with Crippen molar-refractivity contribution in [1.82, 2.24) is 5.32 Å². The molecule has 0 saturated heterocycles. The third-order valence-electron chi connectivity index (χ3n) is 2.73. The van der Waals surface area contributed by atoms with E-state index in [4.69, 9.17) is 0 Å². The van der Waals surface area contributed by atoms with E-state index in [2.05, 4.69) is 19.2 Å². The molecule has 0 aromatic heterocycles. The highest BCUT2D eigenvalue weighted by Crippen LogP contribution is 2.10. The number of rotatable bonds is 7. The maximum Gasteiger partial charge on any atom is 0.123 e. The molecule has 2 heteroatoms. The first-order valence-electron chi connectivity index (χ1n) is 6.17. The molecule has 1 unspecified atom stereocenters. The minimum absolute atomic E-state index is 0.130. The zero-order valence-corrected chi connectivity index (χ0v) is 10.3. The second-order valence-electron chi connectivity index (χ2n) is 4.48. The van der Waals surface area contributed by atoms with Crippen molar-refractivity contribution < 1.29 is 4.39 Å². The lowest BCUT2D eigenvalue weighted by atomic mass is 10.0. The van der Waals surface area contributed by atoms with Gasteiger partial charge in [-0.15, -0.1) is 0 Å². The van der Waals surface area contributed by atoms with E-state index < -0.39 is 0 Å². The molecule has 1 aromatic carbocycles. The lowest BCUT2D eigenvalue weighted by Gasteiger charge is -2.12. The Morgan fingerprint density at radius 3 is 2.88 bits per heavy atom. The lowest BCUT2D eigenvalue weighted by Crippen LogP contribution is -2.22. The number of hydrogen-bond acceptors (Lipinski definition) is 1. The van der Waals surface area contributed by atoms with Crippen molar-refractivity contribution in [3.63, 3.8) is 0 Å². The van der Waals surface area contributed by atoms with Crippen LogP contribution in [0.1, 0.15) is 32.3 Å². The zero-order valence-electron chi connectivity index (χ0n) is 10.3. The molecule has 0 aliphatic rings. The fraction of sp³-hybridized carbons (Fsp3) is 0.571. The highest BCUT2D eigenvalue weighted by molar-refractivity contribution is 5.16. The topological polar surface area (TPSA) is 12.0 Å². The first-order valence-corrected chi connectivity index (χ1v) is 6.17. The summed E-state index contributed by atoms with van der Waals surface area (Å²) in [5.74, 6) is 0.518. The van der Waals surface area contributed by atoms with Crippen LogP contribution < -0.4 is 5.32 Å². The molecular formula is C14H22FN. The largest absolute Gasteiger partial charge is 0.316 e. The summed E-state index contributed by atoms with van der Waals surface area (Å²) >= 11 is 0. The van der Waals surface area contributed by atoms with E-state index in [0.29, 0.717) is 5.92 Å². The van der Waals surface area contributed by atoms with Crippen LogP contribution in [0.3, 0.4) is 0 Å². The highest BCUT2D eigenvalue weighted by atomic mass is 19.1. The molecule has 1 N–H and O–H groups in total. The minimum Gasteiger partial charge on any atom is -0.316 e. The Hall–Kier alpha value is -0.890. The van der Waals surface area contributed by atoms with E-state index in [1.165, 1.54) is 12.5 Å². The summed E-state index contributed by atoms with van der Waals surface area (Å²) in [4.78, 5) is 0. The molecule has 0 bridgehead atoms. The van der Waals surface area contributed by atoms with Crippen molar-refractivity contribution in [3.05, 3.63) is 35.6 Å². The van der Waals surface area contributed by atoms with Crippen molar-refractivity contribution in [2.45, 2.75) is 33.1 Å². The van der Waals surface area contributed by atoms with Gasteiger partial charge in [0.15, 0.2) is 0 Å². The molecule has 0 amide bonds. The summed E-state index contributed by atoms with van der Waals surface area (Å²) in [5, 5.41) is 3.41. The van der Waals surface area contributed by atoms with Gasteiger partial charge in [-0.05, 0) is 56.0 Å².